The Morgan fingerprint density at radius 3 is 2.08 bits per heavy atom. The van der Waals surface area contributed by atoms with Crippen molar-refractivity contribution in [3.05, 3.63) is 0 Å². The maximum atomic E-state index is 12.1. The van der Waals surface area contributed by atoms with Crippen LogP contribution in [-0.4, -0.2) is 64.7 Å². The first-order chi connectivity index (χ1) is 11.8. The number of carbonyl (C=O) groups excluding carboxylic acids is 1. The molecule has 1 N–H and O–H groups in total. The Morgan fingerprint density at radius 1 is 1.00 bits per heavy atom. The molecule has 2 heterocycles. The van der Waals surface area contributed by atoms with Crippen LogP contribution in [0.1, 0.15) is 44.9 Å². The predicted octanol–water partition coefficient (Wildman–Crippen LogP) is 2.51. The van der Waals surface area contributed by atoms with E-state index in [4.69, 9.17) is 9.90 Å². The van der Waals surface area contributed by atoms with Gasteiger partial charge >= 0.3 is 12.1 Å². The second-order valence-corrected chi connectivity index (χ2v) is 7.69. The molecule has 0 spiro atoms. The van der Waals surface area contributed by atoms with Crippen molar-refractivity contribution in [1.82, 2.24) is 9.80 Å². The van der Waals surface area contributed by atoms with E-state index in [1.807, 2.05) is 0 Å². The highest BCUT2D eigenvalue weighted by Crippen LogP contribution is 2.38. The summed E-state index contributed by atoms with van der Waals surface area (Å²) in [7, 11) is 0. The summed E-state index contributed by atoms with van der Waals surface area (Å²) >= 11 is 0. The van der Waals surface area contributed by atoms with Gasteiger partial charge in [0, 0.05) is 38.1 Å². The van der Waals surface area contributed by atoms with Crippen LogP contribution >= 0.6 is 0 Å². The molecule has 0 radical (unpaired) electrons. The molecule has 2 saturated carbocycles. The largest absolute Gasteiger partial charge is 0.490 e. The van der Waals surface area contributed by atoms with Gasteiger partial charge in [0.05, 0.1) is 0 Å². The maximum Gasteiger partial charge on any atom is 0.490 e. The lowest BCUT2D eigenvalue weighted by Gasteiger charge is -2.40. The molecule has 0 unspecified atom stereocenters. The molecule has 4 rings (SSSR count). The normalized spacial score (nSPS) is 29.9. The van der Waals surface area contributed by atoms with Gasteiger partial charge < -0.3 is 10.0 Å². The number of piperidine rings is 1. The summed E-state index contributed by atoms with van der Waals surface area (Å²) < 4.78 is 31.7. The third-order valence-corrected chi connectivity index (χ3v) is 5.58. The van der Waals surface area contributed by atoms with Crippen LogP contribution in [0.2, 0.25) is 0 Å². The van der Waals surface area contributed by atoms with Crippen LogP contribution in [0.25, 0.3) is 0 Å². The van der Waals surface area contributed by atoms with Crippen LogP contribution in [0, 0.1) is 11.8 Å². The number of alkyl halides is 3. The zero-order valence-electron chi connectivity index (χ0n) is 14.2. The fraction of sp³-hybridized carbons (Fsp3) is 0.882. The monoisotopic (exact) mass is 362 g/mol. The van der Waals surface area contributed by atoms with Crippen molar-refractivity contribution in [2.24, 2.45) is 11.8 Å². The number of rotatable bonds is 4. The topological polar surface area (TPSA) is 60.9 Å². The number of carboxylic acid groups (broad SMARTS) is 1. The van der Waals surface area contributed by atoms with Crippen molar-refractivity contribution in [3.63, 3.8) is 0 Å². The summed E-state index contributed by atoms with van der Waals surface area (Å²) in [6.45, 7) is 3.62. The highest BCUT2D eigenvalue weighted by Gasteiger charge is 2.45. The van der Waals surface area contributed by atoms with Crippen molar-refractivity contribution >= 4 is 11.9 Å². The van der Waals surface area contributed by atoms with E-state index >= 15 is 0 Å². The van der Waals surface area contributed by atoms with E-state index in [0.717, 1.165) is 31.2 Å². The van der Waals surface area contributed by atoms with Crippen molar-refractivity contribution in [2.45, 2.75) is 63.2 Å². The standard InChI is InChI=1S/C15H24N2O.C2HF3O2/c18-15-6-5-13-14(17(15)10-12-3-4-12)7-8-16(13)9-11-1-2-11;3-2(4,5)1(6)7/h11-14H,1-10H2;(H,6,7)/t13-,14-;/m1./s1. The highest BCUT2D eigenvalue weighted by molar-refractivity contribution is 5.77. The van der Waals surface area contributed by atoms with E-state index in [1.165, 1.54) is 45.2 Å². The molecule has 25 heavy (non-hydrogen) atoms. The SMILES string of the molecule is O=C(O)C(F)(F)F.O=C1CC[C@@H]2[C@@H](CCN2CC2CC2)N1CC1CC1. The number of likely N-dealkylation sites (tertiary alicyclic amines) is 2. The Labute approximate surface area is 145 Å². The maximum absolute atomic E-state index is 12.1. The fourth-order valence-electron chi connectivity index (χ4n) is 3.91. The molecule has 2 atom stereocenters. The lowest BCUT2D eigenvalue weighted by atomic mass is 9.95. The fourth-order valence-corrected chi connectivity index (χ4v) is 3.91. The molecule has 2 aliphatic carbocycles. The number of carboxylic acids is 1. The van der Waals surface area contributed by atoms with Gasteiger partial charge in [-0.3, -0.25) is 9.69 Å². The molecule has 0 aromatic rings. The van der Waals surface area contributed by atoms with Crippen LogP contribution in [-0.2, 0) is 9.59 Å². The van der Waals surface area contributed by atoms with E-state index < -0.39 is 12.1 Å². The molecule has 2 saturated heterocycles. The number of halogens is 3. The summed E-state index contributed by atoms with van der Waals surface area (Å²) in [5.74, 6) is -0.493. The van der Waals surface area contributed by atoms with E-state index in [-0.39, 0.29) is 0 Å². The second-order valence-electron chi connectivity index (χ2n) is 7.69. The van der Waals surface area contributed by atoms with Crippen molar-refractivity contribution in [3.8, 4) is 0 Å². The molecular formula is C17H25F3N2O3. The average molecular weight is 362 g/mol. The number of amides is 1. The predicted molar refractivity (Wildman–Crippen MR) is 83.9 cm³/mol. The van der Waals surface area contributed by atoms with Crippen LogP contribution in [0.15, 0.2) is 0 Å². The Balaban J connectivity index is 0.000000225. The van der Waals surface area contributed by atoms with Gasteiger partial charge in [-0.2, -0.15) is 13.2 Å². The summed E-state index contributed by atoms with van der Waals surface area (Å²) in [6.07, 6.45) is 3.67. The number of nitrogens with zero attached hydrogens (tertiary/aromatic N) is 2. The van der Waals surface area contributed by atoms with Crippen molar-refractivity contribution in [2.75, 3.05) is 19.6 Å². The van der Waals surface area contributed by atoms with E-state index in [1.54, 1.807) is 0 Å². The van der Waals surface area contributed by atoms with E-state index in [2.05, 4.69) is 9.80 Å². The van der Waals surface area contributed by atoms with Crippen molar-refractivity contribution in [1.29, 1.82) is 0 Å². The van der Waals surface area contributed by atoms with Crippen LogP contribution in [0.4, 0.5) is 13.2 Å². The number of fused-ring (bicyclic) bond motifs is 1. The van der Waals surface area contributed by atoms with Gasteiger partial charge in [0.2, 0.25) is 5.91 Å². The van der Waals surface area contributed by atoms with E-state index in [0.29, 0.717) is 18.0 Å². The third-order valence-electron chi connectivity index (χ3n) is 5.58. The smallest absolute Gasteiger partial charge is 0.475 e. The molecule has 142 valence electrons. The minimum Gasteiger partial charge on any atom is -0.475 e. The lowest BCUT2D eigenvalue weighted by molar-refractivity contribution is -0.192. The van der Waals surface area contributed by atoms with Gasteiger partial charge in [-0.05, 0) is 50.4 Å². The number of hydrogen-bond acceptors (Lipinski definition) is 3. The van der Waals surface area contributed by atoms with Gasteiger partial charge in [-0.1, -0.05) is 0 Å². The lowest BCUT2D eigenvalue weighted by Crippen LogP contribution is -2.53. The Morgan fingerprint density at radius 2 is 1.56 bits per heavy atom. The molecule has 1 amide bonds. The summed E-state index contributed by atoms with van der Waals surface area (Å²) in [5, 5.41) is 7.12. The first-order valence-corrected chi connectivity index (χ1v) is 9.09. The molecule has 0 aromatic heterocycles. The van der Waals surface area contributed by atoms with Gasteiger partial charge in [0.1, 0.15) is 0 Å². The zero-order valence-corrected chi connectivity index (χ0v) is 14.2. The summed E-state index contributed by atoms with van der Waals surface area (Å²) in [5.41, 5.74) is 0. The first-order valence-electron chi connectivity index (χ1n) is 9.09. The number of carbonyl (C=O) groups is 2. The van der Waals surface area contributed by atoms with Gasteiger partial charge in [-0.25, -0.2) is 4.79 Å². The Bertz CT molecular complexity index is 518. The average Bonchev–Trinajstić information content (AvgIpc) is 3.43. The molecule has 2 aliphatic heterocycles. The van der Waals surface area contributed by atoms with Crippen LogP contribution in [0.5, 0.6) is 0 Å². The van der Waals surface area contributed by atoms with Gasteiger partial charge in [0.15, 0.2) is 0 Å². The van der Waals surface area contributed by atoms with Crippen LogP contribution < -0.4 is 0 Å². The van der Waals surface area contributed by atoms with Crippen LogP contribution in [0.3, 0.4) is 0 Å². The zero-order chi connectivity index (χ0) is 18.2. The molecule has 5 nitrogen and oxygen atoms in total. The second kappa shape index (κ2) is 7.13. The molecule has 4 aliphatic rings. The van der Waals surface area contributed by atoms with Gasteiger partial charge in [-0.15, -0.1) is 0 Å². The minimum absolute atomic E-state index is 0.441. The summed E-state index contributed by atoms with van der Waals surface area (Å²) in [4.78, 5) is 26.0. The highest BCUT2D eigenvalue weighted by atomic mass is 19.4. The number of hydrogen-bond donors (Lipinski definition) is 1. The molecule has 8 heteroatoms. The van der Waals surface area contributed by atoms with E-state index in [9.17, 15) is 18.0 Å². The number of aliphatic carboxylic acids is 1. The first kappa shape index (κ1) is 18.5. The third kappa shape index (κ3) is 4.86. The molecule has 0 bridgehead atoms. The summed E-state index contributed by atoms with van der Waals surface area (Å²) in [6, 6.07) is 1.26. The van der Waals surface area contributed by atoms with Gasteiger partial charge in [0.25, 0.3) is 0 Å². The van der Waals surface area contributed by atoms with Crippen molar-refractivity contribution < 1.29 is 27.9 Å². The molecule has 4 fully saturated rings. The minimum atomic E-state index is -5.08. The molecular weight excluding hydrogens is 337 g/mol. The Hall–Kier alpha value is -1.31. The quantitative estimate of drug-likeness (QED) is 0.835. The Kier molecular flexibility index (Phi) is 5.27. The molecule has 0 aromatic carbocycles.